The van der Waals surface area contributed by atoms with E-state index in [0.29, 0.717) is 24.5 Å². The number of carbonyl (C=O) groups excluding carboxylic acids is 2. The fraction of sp³-hybridized carbons (Fsp3) is 0.270. The monoisotopic (exact) mass is 778 g/mol. The third kappa shape index (κ3) is 9.03. The quantitative estimate of drug-likeness (QED) is 0.147. The summed E-state index contributed by atoms with van der Waals surface area (Å²) in [5, 5.41) is 7.01. The third-order valence-electron chi connectivity index (χ3n) is 9.03. The van der Waals surface area contributed by atoms with Crippen molar-refractivity contribution in [2.24, 2.45) is 7.05 Å². The summed E-state index contributed by atoms with van der Waals surface area (Å²) in [7, 11) is 1.35. The van der Waals surface area contributed by atoms with Gasteiger partial charge in [-0.15, -0.1) is 0 Å². The van der Waals surface area contributed by atoms with Crippen LogP contribution in [0.4, 0.5) is 18.9 Å². The van der Waals surface area contributed by atoms with Crippen LogP contribution in [0.15, 0.2) is 101 Å². The number of likely N-dealkylation sites (N-methyl/N-ethyl adjacent to an activating group) is 1. The SMILES string of the molecule is O=S(=O)([O-])c1ccccc1.[C-]#[N+]c1ccc(-n2nccc2-c2c(C(=O)N[C@@H](C)C(=O)N3CC[N+](C)(C)CC3)c(=O)n(-c3cccc(C(F)(F)F)c3)n2C)cc1. The first-order valence-electron chi connectivity index (χ1n) is 16.8. The van der Waals surface area contributed by atoms with E-state index < -0.39 is 39.4 Å². The second-order valence-corrected chi connectivity index (χ2v) is 14.7. The van der Waals surface area contributed by atoms with E-state index >= 15 is 0 Å². The molecule has 0 bridgehead atoms. The summed E-state index contributed by atoms with van der Waals surface area (Å²) in [6, 6.07) is 18.5. The van der Waals surface area contributed by atoms with Crippen molar-refractivity contribution >= 4 is 27.6 Å². The van der Waals surface area contributed by atoms with Crippen LogP contribution in [0, 0.1) is 6.57 Å². The molecular weight excluding hydrogens is 742 g/mol. The van der Waals surface area contributed by atoms with Crippen molar-refractivity contribution < 1.29 is 40.2 Å². The minimum Gasteiger partial charge on any atom is -0.744 e. The lowest BCUT2D eigenvalue weighted by Crippen LogP contribution is -2.59. The molecule has 3 aromatic carbocycles. The Labute approximate surface area is 314 Å². The van der Waals surface area contributed by atoms with Gasteiger partial charge in [-0.2, -0.15) is 18.3 Å². The summed E-state index contributed by atoms with van der Waals surface area (Å²) in [6.45, 7) is 11.3. The number of rotatable bonds is 7. The molecule has 2 aromatic heterocycles. The molecule has 1 aliphatic heterocycles. The van der Waals surface area contributed by atoms with E-state index in [9.17, 15) is 40.5 Å². The van der Waals surface area contributed by atoms with Gasteiger partial charge in [0.15, 0.2) is 5.69 Å². The molecule has 0 spiro atoms. The first kappa shape index (κ1) is 40.2. The Morgan fingerprint density at radius 3 is 2.16 bits per heavy atom. The van der Waals surface area contributed by atoms with E-state index in [2.05, 4.69) is 29.4 Å². The van der Waals surface area contributed by atoms with Gasteiger partial charge in [0.25, 0.3) is 11.5 Å². The zero-order valence-electron chi connectivity index (χ0n) is 30.2. The lowest BCUT2D eigenvalue weighted by atomic mass is 10.1. The second-order valence-electron chi connectivity index (χ2n) is 13.3. The highest BCUT2D eigenvalue weighted by molar-refractivity contribution is 7.85. The van der Waals surface area contributed by atoms with Crippen LogP contribution in [0.5, 0.6) is 0 Å². The first-order valence-corrected chi connectivity index (χ1v) is 18.2. The second kappa shape index (κ2) is 15.8. The molecule has 0 saturated carbocycles. The van der Waals surface area contributed by atoms with Crippen molar-refractivity contribution in [3.8, 4) is 22.8 Å². The number of nitrogens with one attached hydrogen (secondary N) is 1. The highest BCUT2D eigenvalue weighted by atomic mass is 32.2. The summed E-state index contributed by atoms with van der Waals surface area (Å²) in [5.74, 6) is -1.16. The lowest BCUT2D eigenvalue weighted by Gasteiger charge is -2.39. The number of nitrogens with zero attached hydrogens (tertiary/aromatic N) is 7. The number of hydrogen-bond acceptors (Lipinski definition) is 7. The molecule has 0 unspecified atom stereocenters. The van der Waals surface area contributed by atoms with Crippen molar-refractivity contribution in [1.82, 2.24) is 29.4 Å². The summed E-state index contributed by atoms with van der Waals surface area (Å²) in [5.41, 5.74) is -1.05. The molecule has 1 saturated heterocycles. The molecule has 1 atom stereocenters. The third-order valence-corrected chi connectivity index (χ3v) is 9.88. The number of halogens is 3. The van der Waals surface area contributed by atoms with Gasteiger partial charge in [0.05, 0.1) is 80.6 Å². The molecule has 18 heteroatoms. The summed E-state index contributed by atoms with van der Waals surface area (Å²) >= 11 is 0. The average Bonchev–Trinajstić information content (AvgIpc) is 3.72. The first-order chi connectivity index (χ1) is 25.8. The average molecular weight is 779 g/mol. The van der Waals surface area contributed by atoms with Gasteiger partial charge in [0, 0.05) is 7.05 Å². The number of hydrogen-bond donors (Lipinski definition) is 1. The predicted octanol–water partition coefficient (Wildman–Crippen LogP) is 4.23. The van der Waals surface area contributed by atoms with Crippen molar-refractivity contribution in [3.63, 3.8) is 0 Å². The predicted molar refractivity (Wildman–Crippen MR) is 195 cm³/mol. The maximum Gasteiger partial charge on any atom is 0.416 e. The summed E-state index contributed by atoms with van der Waals surface area (Å²) in [6.07, 6.45) is -3.21. The molecule has 1 aliphatic rings. The standard InChI is InChI=1S/C31H31F3N8O3.C6H6O3S/c1-20(29(44)39-15-17-42(4,5)18-16-39)37-28(43)26-27(25-13-14-36-40(25)23-11-9-22(35-2)10-12-23)38(3)41(30(26)45)24-8-6-7-21(19-24)31(32,33)34;7-10(8,9)6-4-2-1-3-5-6/h6-14,19-20H,15-18H2,1,3-5H3;1-5H,(H,7,8,9)/t20-;/m0./s1. The fourth-order valence-corrected chi connectivity index (χ4v) is 6.47. The Hall–Kier alpha value is -6.03. The summed E-state index contributed by atoms with van der Waals surface area (Å²) in [4.78, 5) is 46.0. The Balaban J connectivity index is 0.000000504. The van der Waals surface area contributed by atoms with Crippen LogP contribution in [-0.2, 0) is 28.1 Å². The largest absolute Gasteiger partial charge is 0.744 e. The number of piperazine rings is 1. The zero-order chi connectivity index (χ0) is 40.3. The maximum atomic E-state index is 14.0. The van der Waals surface area contributed by atoms with Gasteiger partial charge >= 0.3 is 6.18 Å². The Bertz CT molecular complexity index is 2410. The van der Waals surface area contributed by atoms with E-state index in [1.165, 1.54) is 65.9 Å². The number of alkyl halides is 3. The lowest BCUT2D eigenvalue weighted by molar-refractivity contribution is -0.894. The minimum atomic E-state index is -4.66. The molecule has 0 aliphatic carbocycles. The maximum absolute atomic E-state index is 14.0. The molecule has 3 heterocycles. The Morgan fingerprint density at radius 1 is 0.964 bits per heavy atom. The number of quaternary nitrogens is 1. The van der Waals surface area contributed by atoms with Crippen LogP contribution >= 0.6 is 0 Å². The van der Waals surface area contributed by atoms with Crippen LogP contribution in [0.3, 0.4) is 0 Å². The zero-order valence-corrected chi connectivity index (χ0v) is 31.0. The van der Waals surface area contributed by atoms with Crippen molar-refractivity contribution in [2.45, 2.75) is 24.0 Å². The Morgan fingerprint density at radius 2 is 1.60 bits per heavy atom. The number of carbonyl (C=O) groups is 2. The van der Waals surface area contributed by atoms with Crippen LogP contribution in [-0.4, -0.2) is 99.6 Å². The van der Waals surface area contributed by atoms with Gasteiger partial charge < -0.3 is 19.3 Å². The fourth-order valence-electron chi connectivity index (χ4n) is 5.98. The molecule has 1 N–H and O–H groups in total. The van der Waals surface area contributed by atoms with Gasteiger partial charge in [-0.1, -0.05) is 36.4 Å². The molecule has 1 fully saturated rings. The van der Waals surface area contributed by atoms with Crippen LogP contribution in [0.1, 0.15) is 22.8 Å². The molecule has 6 rings (SSSR count). The minimum absolute atomic E-state index is 0.0679. The Kier molecular flexibility index (Phi) is 11.5. The highest BCUT2D eigenvalue weighted by Crippen LogP contribution is 2.31. The van der Waals surface area contributed by atoms with E-state index in [-0.39, 0.29) is 33.4 Å². The summed E-state index contributed by atoms with van der Waals surface area (Å²) < 4.78 is 76.1. The molecule has 288 valence electrons. The number of benzene rings is 3. The van der Waals surface area contributed by atoms with E-state index in [4.69, 9.17) is 6.57 Å². The van der Waals surface area contributed by atoms with Gasteiger partial charge in [-0.25, -0.2) is 22.6 Å². The van der Waals surface area contributed by atoms with Gasteiger partial charge in [-0.3, -0.25) is 19.1 Å². The van der Waals surface area contributed by atoms with Gasteiger partial charge in [0.1, 0.15) is 27.4 Å². The van der Waals surface area contributed by atoms with Crippen molar-refractivity contribution in [2.75, 3.05) is 40.3 Å². The number of aromatic nitrogens is 4. The van der Waals surface area contributed by atoms with Crippen LogP contribution in [0.25, 0.3) is 27.6 Å². The van der Waals surface area contributed by atoms with Crippen molar-refractivity contribution in [3.05, 3.63) is 124 Å². The van der Waals surface area contributed by atoms with E-state index in [0.717, 1.165) is 34.4 Å². The highest BCUT2D eigenvalue weighted by Gasteiger charge is 2.34. The molecular formula is C37H37F3N8O6S. The normalized spacial score (nSPS) is 14.6. The van der Waals surface area contributed by atoms with Crippen LogP contribution < -0.4 is 10.9 Å². The van der Waals surface area contributed by atoms with E-state index in [1.54, 1.807) is 41.3 Å². The number of amides is 2. The topological polar surface area (TPSA) is 156 Å². The van der Waals surface area contributed by atoms with Gasteiger partial charge in [0.2, 0.25) is 5.91 Å². The van der Waals surface area contributed by atoms with Gasteiger partial charge in [-0.05, 0) is 55.5 Å². The molecule has 55 heavy (non-hydrogen) atoms. The molecule has 0 radical (unpaired) electrons. The molecule has 2 amide bonds. The van der Waals surface area contributed by atoms with Crippen LogP contribution in [0.2, 0.25) is 0 Å². The van der Waals surface area contributed by atoms with Crippen molar-refractivity contribution in [1.29, 1.82) is 0 Å². The molecule has 14 nitrogen and oxygen atoms in total. The smallest absolute Gasteiger partial charge is 0.416 e. The molecule has 5 aromatic rings. The van der Waals surface area contributed by atoms with E-state index in [1.807, 2.05) is 0 Å².